The molecule has 5 nitrogen and oxygen atoms in total. The van der Waals surface area contributed by atoms with Gasteiger partial charge in [-0.1, -0.05) is 37.3 Å². The van der Waals surface area contributed by atoms with E-state index in [1.165, 1.54) is 35.1 Å². The molecule has 2 aromatic heterocycles. The molecule has 0 saturated carbocycles. The third-order valence-corrected chi connectivity index (χ3v) is 7.89. The summed E-state index contributed by atoms with van der Waals surface area (Å²) in [4.78, 5) is 30.0. The van der Waals surface area contributed by atoms with E-state index in [4.69, 9.17) is 9.97 Å². The van der Waals surface area contributed by atoms with E-state index in [1.807, 2.05) is 41.4 Å². The van der Waals surface area contributed by atoms with Crippen LogP contribution in [0.1, 0.15) is 53.9 Å². The van der Waals surface area contributed by atoms with Crippen LogP contribution < -0.4 is 4.90 Å². The Labute approximate surface area is 188 Å². The monoisotopic (exact) mass is 434 g/mol. The highest BCUT2D eigenvalue weighted by atomic mass is 32.1. The highest BCUT2D eigenvalue weighted by molar-refractivity contribution is 7.19. The van der Waals surface area contributed by atoms with Gasteiger partial charge < -0.3 is 9.80 Å². The standard InChI is InChI=1S/C25H30N4OS/c1-3-19(18-9-5-4-6-10-18)25(30)29-15-13-28(14-16-29)23-22-20-11-7-8-12-21(20)31-24(22)27-17(2)26-23/h4-6,9-10,19H,3,7-8,11-16H2,1-2H3. The van der Waals surface area contributed by atoms with Crippen molar-refractivity contribution in [1.82, 2.24) is 14.9 Å². The number of thiophene rings is 1. The molecule has 1 atom stereocenters. The Bertz CT molecular complexity index is 1090. The summed E-state index contributed by atoms with van der Waals surface area (Å²) in [6.07, 6.45) is 5.68. The van der Waals surface area contributed by atoms with Gasteiger partial charge in [0, 0.05) is 31.1 Å². The molecule has 1 saturated heterocycles. The molecule has 3 aromatic rings. The van der Waals surface area contributed by atoms with Crippen LogP contribution in [-0.2, 0) is 17.6 Å². The fourth-order valence-electron chi connectivity index (χ4n) is 5.07. The topological polar surface area (TPSA) is 49.3 Å². The van der Waals surface area contributed by atoms with Crippen LogP contribution in [0.25, 0.3) is 10.2 Å². The first-order valence-corrected chi connectivity index (χ1v) is 12.3. The van der Waals surface area contributed by atoms with E-state index in [0.717, 1.165) is 61.1 Å². The Hall–Kier alpha value is -2.47. The van der Waals surface area contributed by atoms with Crippen molar-refractivity contribution in [1.29, 1.82) is 0 Å². The van der Waals surface area contributed by atoms with Gasteiger partial charge in [-0.05, 0) is 50.2 Å². The maximum absolute atomic E-state index is 13.3. The number of aryl methyl sites for hydroxylation is 3. The molecule has 0 radical (unpaired) electrons. The number of aromatic nitrogens is 2. The van der Waals surface area contributed by atoms with Crippen LogP contribution in [0.15, 0.2) is 30.3 Å². The van der Waals surface area contributed by atoms with Crippen LogP contribution in [0.3, 0.4) is 0 Å². The molecule has 1 unspecified atom stereocenters. The molecule has 31 heavy (non-hydrogen) atoms. The number of nitrogens with zero attached hydrogens (tertiary/aromatic N) is 4. The van der Waals surface area contributed by atoms with Crippen molar-refractivity contribution in [2.75, 3.05) is 31.1 Å². The molecule has 1 aromatic carbocycles. The highest BCUT2D eigenvalue weighted by Gasteiger charge is 2.30. The van der Waals surface area contributed by atoms with Gasteiger partial charge >= 0.3 is 0 Å². The van der Waals surface area contributed by atoms with E-state index in [0.29, 0.717) is 0 Å². The SMILES string of the molecule is CCC(C(=O)N1CCN(c2nc(C)nc3sc4c(c23)CCCC4)CC1)c1ccccc1. The summed E-state index contributed by atoms with van der Waals surface area (Å²) in [5, 5.41) is 1.28. The van der Waals surface area contributed by atoms with E-state index in [2.05, 4.69) is 24.0 Å². The lowest BCUT2D eigenvalue weighted by Gasteiger charge is -2.37. The number of carbonyl (C=O) groups is 1. The molecule has 162 valence electrons. The van der Waals surface area contributed by atoms with Crippen molar-refractivity contribution in [3.8, 4) is 0 Å². The third-order valence-electron chi connectivity index (χ3n) is 6.71. The lowest BCUT2D eigenvalue weighted by Crippen LogP contribution is -2.50. The average Bonchev–Trinajstić information content (AvgIpc) is 3.18. The Morgan fingerprint density at radius 3 is 2.55 bits per heavy atom. The molecule has 1 aliphatic carbocycles. The Kier molecular flexibility index (Phi) is 5.65. The normalized spacial score (nSPS) is 17.6. The van der Waals surface area contributed by atoms with Gasteiger partial charge in [0.2, 0.25) is 5.91 Å². The van der Waals surface area contributed by atoms with Crippen molar-refractivity contribution in [3.05, 3.63) is 52.2 Å². The number of rotatable bonds is 4. The van der Waals surface area contributed by atoms with Crippen LogP contribution in [0.4, 0.5) is 5.82 Å². The van der Waals surface area contributed by atoms with Gasteiger partial charge in [0.1, 0.15) is 16.5 Å². The van der Waals surface area contributed by atoms with Gasteiger partial charge in [0.05, 0.1) is 11.3 Å². The van der Waals surface area contributed by atoms with E-state index < -0.39 is 0 Å². The van der Waals surface area contributed by atoms with Crippen molar-refractivity contribution >= 4 is 33.3 Å². The lowest BCUT2D eigenvalue weighted by atomic mass is 9.94. The van der Waals surface area contributed by atoms with Gasteiger partial charge in [-0.2, -0.15) is 0 Å². The van der Waals surface area contributed by atoms with Gasteiger partial charge in [0.15, 0.2) is 0 Å². The molecule has 0 spiro atoms. The van der Waals surface area contributed by atoms with E-state index in [9.17, 15) is 4.79 Å². The van der Waals surface area contributed by atoms with E-state index in [1.54, 1.807) is 0 Å². The third kappa shape index (κ3) is 3.82. The summed E-state index contributed by atoms with van der Waals surface area (Å²) in [7, 11) is 0. The average molecular weight is 435 g/mol. The zero-order chi connectivity index (χ0) is 21.4. The molecule has 6 heteroatoms. The molecule has 1 fully saturated rings. The van der Waals surface area contributed by atoms with Crippen molar-refractivity contribution in [2.45, 2.75) is 51.9 Å². The minimum absolute atomic E-state index is 0.0513. The predicted octanol–water partition coefficient (Wildman–Crippen LogP) is 4.72. The molecule has 1 amide bonds. The van der Waals surface area contributed by atoms with Gasteiger partial charge in [0.25, 0.3) is 0 Å². The Balaban J connectivity index is 1.37. The second-order valence-corrected chi connectivity index (χ2v) is 9.75. The Morgan fingerprint density at radius 2 is 1.81 bits per heavy atom. The van der Waals surface area contributed by atoms with Crippen LogP contribution in [0.5, 0.6) is 0 Å². The quantitative estimate of drug-likeness (QED) is 0.596. The predicted molar refractivity (Wildman–Crippen MR) is 127 cm³/mol. The second-order valence-electron chi connectivity index (χ2n) is 8.67. The number of carbonyl (C=O) groups excluding carboxylic acids is 1. The highest BCUT2D eigenvalue weighted by Crippen LogP contribution is 2.40. The van der Waals surface area contributed by atoms with E-state index >= 15 is 0 Å². The van der Waals surface area contributed by atoms with Crippen LogP contribution in [0.2, 0.25) is 0 Å². The fourth-order valence-corrected chi connectivity index (χ4v) is 6.37. The zero-order valence-corrected chi connectivity index (χ0v) is 19.2. The molecule has 0 bridgehead atoms. The number of hydrogen-bond acceptors (Lipinski definition) is 5. The van der Waals surface area contributed by atoms with Gasteiger partial charge in [-0.15, -0.1) is 11.3 Å². The first-order valence-electron chi connectivity index (χ1n) is 11.5. The van der Waals surface area contributed by atoms with Crippen molar-refractivity contribution < 1.29 is 4.79 Å². The number of fused-ring (bicyclic) bond motifs is 3. The van der Waals surface area contributed by atoms with Gasteiger partial charge in [-0.3, -0.25) is 4.79 Å². The number of hydrogen-bond donors (Lipinski definition) is 0. The zero-order valence-electron chi connectivity index (χ0n) is 18.4. The van der Waals surface area contributed by atoms with Crippen molar-refractivity contribution in [3.63, 3.8) is 0 Å². The van der Waals surface area contributed by atoms with Crippen LogP contribution >= 0.6 is 11.3 Å². The summed E-state index contributed by atoms with van der Waals surface area (Å²) in [6.45, 7) is 7.25. The number of benzene rings is 1. The van der Waals surface area contributed by atoms with Crippen LogP contribution in [-0.4, -0.2) is 47.0 Å². The largest absolute Gasteiger partial charge is 0.352 e. The Morgan fingerprint density at radius 1 is 1.06 bits per heavy atom. The number of anilines is 1. The van der Waals surface area contributed by atoms with Gasteiger partial charge in [-0.25, -0.2) is 9.97 Å². The second kappa shape index (κ2) is 8.58. The van der Waals surface area contributed by atoms with Crippen LogP contribution in [0, 0.1) is 6.92 Å². The molecule has 3 heterocycles. The summed E-state index contributed by atoms with van der Waals surface area (Å²) >= 11 is 1.86. The minimum Gasteiger partial charge on any atom is -0.352 e. The van der Waals surface area contributed by atoms with Crippen molar-refractivity contribution in [2.24, 2.45) is 0 Å². The first kappa shape index (κ1) is 20.4. The maximum Gasteiger partial charge on any atom is 0.230 e. The van der Waals surface area contributed by atoms with E-state index in [-0.39, 0.29) is 11.8 Å². The summed E-state index contributed by atoms with van der Waals surface area (Å²) in [5.74, 6) is 2.13. The first-order chi connectivity index (χ1) is 15.2. The summed E-state index contributed by atoms with van der Waals surface area (Å²) in [6, 6.07) is 10.2. The molecular weight excluding hydrogens is 404 g/mol. The smallest absolute Gasteiger partial charge is 0.230 e. The summed E-state index contributed by atoms with van der Waals surface area (Å²) < 4.78 is 0. The minimum atomic E-state index is -0.0513. The lowest BCUT2D eigenvalue weighted by molar-refractivity contribution is -0.133. The molecular formula is C25H30N4OS. The molecule has 5 rings (SSSR count). The summed E-state index contributed by atoms with van der Waals surface area (Å²) in [5.41, 5.74) is 2.60. The maximum atomic E-state index is 13.3. The molecule has 0 N–H and O–H groups in total. The molecule has 2 aliphatic rings. The molecule has 1 aliphatic heterocycles. The fraction of sp³-hybridized carbons (Fsp3) is 0.480. The number of amides is 1. The number of piperazine rings is 1.